The zero-order chi connectivity index (χ0) is 38.3. The monoisotopic (exact) mass is 793 g/mol. The van der Waals surface area contributed by atoms with Crippen LogP contribution in [0.25, 0.3) is 29.9 Å². The van der Waals surface area contributed by atoms with Gasteiger partial charge in [-0.05, 0) is 61.5 Å². The summed E-state index contributed by atoms with van der Waals surface area (Å²) in [5.41, 5.74) is 1.14. The molecule has 5 nitrogen and oxygen atoms in total. The highest BCUT2D eigenvalue weighted by molar-refractivity contribution is 7.26. The smallest absolute Gasteiger partial charge is 0.263 e. The van der Waals surface area contributed by atoms with Crippen molar-refractivity contribution in [1.82, 2.24) is 4.90 Å². The van der Waals surface area contributed by atoms with E-state index in [1.165, 1.54) is 113 Å². The molecule has 0 bridgehead atoms. The van der Waals surface area contributed by atoms with Crippen molar-refractivity contribution in [1.29, 1.82) is 0 Å². The molecular weight excluding hydrogens is 727 g/mol. The molecule has 0 spiro atoms. The summed E-state index contributed by atoms with van der Waals surface area (Å²) in [7, 11) is 0. The molecule has 0 N–H and O–H groups in total. The molecular formula is C46H67NO4S3. The molecule has 1 aliphatic rings. The molecule has 8 heteroatoms. The first-order valence-electron chi connectivity index (χ1n) is 21.7. The topological polar surface area (TPSA) is 55.8 Å². The fraction of sp³-hybridized carbons (Fsp3) is 0.652. The molecule has 0 radical (unpaired) electrons. The van der Waals surface area contributed by atoms with Gasteiger partial charge in [0, 0.05) is 27.6 Å². The van der Waals surface area contributed by atoms with Crippen LogP contribution in [0.4, 0.5) is 0 Å². The summed E-state index contributed by atoms with van der Waals surface area (Å²) in [6.07, 6.45) is 24.0. The van der Waals surface area contributed by atoms with Crippen molar-refractivity contribution in [3.63, 3.8) is 0 Å². The molecule has 2 amide bonds. The number of thiophene rings is 3. The molecule has 3 aromatic heterocycles. The number of benzene rings is 1. The maximum Gasteiger partial charge on any atom is 0.263 e. The predicted molar refractivity (Wildman–Crippen MR) is 235 cm³/mol. The molecule has 0 saturated carbocycles. The lowest BCUT2D eigenvalue weighted by molar-refractivity contribution is 0.0651. The maximum atomic E-state index is 13.9. The van der Waals surface area contributed by atoms with E-state index in [9.17, 15) is 9.59 Å². The minimum absolute atomic E-state index is 0.138. The molecule has 2 unspecified atom stereocenters. The second-order valence-electron chi connectivity index (χ2n) is 15.6. The highest BCUT2D eigenvalue weighted by Crippen LogP contribution is 2.52. The summed E-state index contributed by atoms with van der Waals surface area (Å²) < 4.78 is 15.7. The van der Waals surface area contributed by atoms with Gasteiger partial charge in [0.25, 0.3) is 11.8 Å². The van der Waals surface area contributed by atoms with E-state index in [-0.39, 0.29) is 11.8 Å². The Morgan fingerprint density at radius 3 is 1.85 bits per heavy atom. The van der Waals surface area contributed by atoms with Crippen molar-refractivity contribution in [2.75, 3.05) is 19.8 Å². The summed E-state index contributed by atoms with van der Waals surface area (Å²) >= 11 is 4.92. The van der Waals surface area contributed by atoms with Gasteiger partial charge in [-0.2, -0.15) is 0 Å². The molecule has 1 aromatic carbocycles. The molecule has 298 valence electrons. The zero-order valence-corrected chi connectivity index (χ0v) is 36.5. The second-order valence-corrected chi connectivity index (χ2v) is 18.4. The summed E-state index contributed by atoms with van der Waals surface area (Å²) in [6.45, 7) is 13.3. The van der Waals surface area contributed by atoms with Crippen LogP contribution in [0, 0.1) is 11.8 Å². The molecule has 0 fully saturated rings. The van der Waals surface area contributed by atoms with Gasteiger partial charge < -0.3 is 9.47 Å². The summed E-state index contributed by atoms with van der Waals surface area (Å²) in [4.78, 5) is 30.7. The van der Waals surface area contributed by atoms with Crippen LogP contribution in [-0.4, -0.2) is 36.5 Å². The quantitative estimate of drug-likeness (QED) is 0.0424. The Morgan fingerprint density at radius 2 is 1.22 bits per heavy atom. The van der Waals surface area contributed by atoms with Gasteiger partial charge in [0.1, 0.15) is 11.5 Å². The zero-order valence-electron chi connectivity index (χ0n) is 34.0. The predicted octanol–water partition coefficient (Wildman–Crippen LogP) is 15.3. The van der Waals surface area contributed by atoms with Crippen molar-refractivity contribution in [2.45, 2.75) is 163 Å². The normalized spacial score (nSPS) is 14.1. The van der Waals surface area contributed by atoms with E-state index in [0.29, 0.717) is 30.9 Å². The summed E-state index contributed by atoms with van der Waals surface area (Å²) in [5.74, 6) is 3.21. The van der Waals surface area contributed by atoms with Gasteiger partial charge in [0.05, 0.1) is 38.6 Å². The number of fused-ring (bicyclic) bond motifs is 3. The Balaban J connectivity index is 1.38. The molecule has 2 atom stereocenters. The largest absolute Gasteiger partial charge is 0.491 e. The van der Waals surface area contributed by atoms with E-state index in [2.05, 4.69) is 52.1 Å². The number of amides is 2. The van der Waals surface area contributed by atoms with Crippen LogP contribution in [0.1, 0.15) is 184 Å². The van der Waals surface area contributed by atoms with Crippen molar-refractivity contribution in [3.8, 4) is 21.3 Å². The second kappa shape index (κ2) is 22.4. The van der Waals surface area contributed by atoms with Crippen molar-refractivity contribution < 1.29 is 19.1 Å². The van der Waals surface area contributed by atoms with Gasteiger partial charge in [0.15, 0.2) is 0 Å². The number of imide groups is 1. The minimum Gasteiger partial charge on any atom is -0.491 e. The summed E-state index contributed by atoms with van der Waals surface area (Å²) in [6, 6.07) is 4.39. The third-order valence-electron chi connectivity index (χ3n) is 11.6. The number of unbranched alkanes of at least 4 members (excludes halogenated alkanes) is 9. The first kappa shape index (κ1) is 42.7. The first-order valence-corrected chi connectivity index (χ1v) is 24.2. The lowest BCUT2D eigenvalue weighted by Gasteiger charge is -2.16. The Morgan fingerprint density at radius 1 is 0.630 bits per heavy atom. The third kappa shape index (κ3) is 10.7. The van der Waals surface area contributed by atoms with Crippen molar-refractivity contribution in [3.05, 3.63) is 34.0 Å². The van der Waals surface area contributed by atoms with Crippen LogP contribution in [0.15, 0.2) is 22.9 Å². The minimum atomic E-state index is -0.139. The Bertz CT molecular complexity index is 1670. The van der Waals surface area contributed by atoms with E-state index in [4.69, 9.17) is 9.47 Å². The van der Waals surface area contributed by atoms with Gasteiger partial charge in [-0.1, -0.05) is 131 Å². The highest BCUT2D eigenvalue weighted by Gasteiger charge is 2.39. The number of rotatable bonds is 28. The van der Waals surface area contributed by atoms with Gasteiger partial charge in [-0.3, -0.25) is 14.5 Å². The van der Waals surface area contributed by atoms with Crippen molar-refractivity contribution in [2.24, 2.45) is 11.8 Å². The first-order chi connectivity index (χ1) is 26.5. The fourth-order valence-corrected chi connectivity index (χ4v) is 11.3. The molecule has 0 aliphatic carbocycles. The van der Waals surface area contributed by atoms with Crippen molar-refractivity contribution >= 4 is 66.0 Å². The van der Waals surface area contributed by atoms with E-state index in [1.807, 2.05) is 5.38 Å². The van der Waals surface area contributed by atoms with Gasteiger partial charge in [-0.15, -0.1) is 34.0 Å². The Hall–Kier alpha value is -2.42. The third-order valence-corrected chi connectivity index (χ3v) is 14.8. The number of ether oxygens (including phenoxy) is 2. The van der Waals surface area contributed by atoms with Gasteiger partial charge in [-0.25, -0.2) is 0 Å². The molecule has 1 aliphatic heterocycles. The lowest BCUT2D eigenvalue weighted by atomic mass is 9.94. The molecule has 5 rings (SSSR count). The van der Waals surface area contributed by atoms with Crippen LogP contribution in [-0.2, 0) is 0 Å². The van der Waals surface area contributed by atoms with E-state index < -0.39 is 0 Å². The van der Waals surface area contributed by atoms with E-state index >= 15 is 0 Å². The number of carbonyl (C=O) groups is 2. The molecule has 4 aromatic rings. The Labute approximate surface area is 338 Å². The number of hydrogen-bond acceptors (Lipinski definition) is 7. The van der Waals surface area contributed by atoms with E-state index in [0.717, 1.165) is 85.4 Å². The van der Waals surface area contributed by atoms with Crippen LogP contribution < -0.4 is 9.47 Å². The van der Waals surface area contributed by atoms with Crippen LogP contribution >= 0.6 is 34.0 Å². The fourth-order valence-electron chi connectivity index (χ4n) is 8.08. The number of carbonyl (C=O) groups excluding carboxylic acids is 2. The average Bonchev–Trinajstić information content (AvgIpc) is 3.99. The van der Waals surface area contributed by atoms with Gasteiger partial charge in [0.2, 0.25) is 0 Å². The number of nitrogens with zero attached hydrogens (tertiary/aromatic N) is 1. The summed E-state index contributed by atoms with van der Waals surface area (Å²) in [5, 5.41) is 6.23. The van der Waals surface area contributed by atoms with Gasteiger partial charge >= 0.3 is 0 Å². The van der Waals surface area contributed by atoms with Crippen LogP contribution in [0.2, 0.25) is 0 Å². The SMILES string of the molecule is CCCCCCCCN1C(=O)c2csc(-c3cc4c(OCCCCC(CC)CCCC)c5sccc5c(OCCCCC(CC)CCCC)c4s3)c2C1=O. The van der Waals surface area contributed by atoms with Crippen LogP contribution in [0.3, 0.4) is 0 Å². The number of hydrogen-bond donors (Lipinski definition) is 0. The average molecular weight is 794 g/mol. The highest BCUT2D eigenvalue weighted by atomic mass is 32.1. The maximum absolute atomic E-state index is 13.9. The Kier molecular flexibility index (Phi) is 17.7. The van der Waals surface area contributed by atoms with Crippen LogP contribution in [0.5, 0.6) is 11.5 Å². The lowest BCUT2D eigenvalue weighted by Crippen LogP contribution is -2.30. The molecule has 0 saturated heterocycles. The molecule has 54 heavy (non-hydrogen) atoms. The standard InChI is InChI=1S/C46H67NO4S3/c1-6-11-14-15-16-19-27-47-45(48)37-32-53-44(39(37)46(47)49)38-31-36-41(51-29-21-18-25-34(10-5)23-13-8-3)42-35(26-30-52-42)40(43(36)54-38)50-28-20-17-24-33(9-4)22-12-7-2/h26,30-34H,6-25,27-29H2,1-5H3. The molecule has 4 heterocycles. The van der Waals surface area contributed by atoms with E-state index in [1.54, 1.807) is 22.7 Å².